The van der Waals surface area contributed by atoms with Gasteiger partial charge >= 0.3 is 5.97 Å². The highest BCUT2D eigenvalue weighted by Crippen LogP contribution is 2.35. The molecule has 2 aliphatic rings. The van der Waals surface area contributed by atoms with E-state index in [0.717, 1.165) is 25.9 Å². The van der Waals surface area contributed by atoms with Gasteiger partial charge in [-0.2, -0.15) is 11.8 Å². The standard InChI is InChI=1S/C11H19NO2S/c1-7-5-12(6-8(2)15-7)10-3-9(4-10)11(13)14/h7-10H,3-6H2,1-2H3,(H,13,14). The quantitative estimate of drug-likeness (QED) is 0.782. The molecule has 0 bridgehead atoms. The fourth-order valence-electron chi connectivity index (χ4n) is 2.60. The summed E-state index contributed by atoms with van der Waals surface area (Å²) in [5.41, 5.74) is 0. The molecule has 2 rings (SSSR count). The van der Waals surface area contributed by atoms with Crippen LogP contribution in [0.3, 0.4) is 0 Å². The third-order valence-corrected chi connectivity index (χ3v) is 4.65. The average Bonchev–Trinajstić information content (AvgIpc) is 1.97. The van der Waals surface area contributed by atoms with Crippen molar-refractivity contribution in [3.63, 3.8) is 0 Å². The van der Waals surface area contributed by atoms with Crippen LogP contribution in [0.4, 0.5) is 0 Å². The van der Waals surface area contributed by atoms with Crippen LogP contribution >= 0.6 is 11.8 Å². The summed E-state index contributed by atoms with van der Waals surface area (Å²) < 4.78 is 0. The van der Waals surface area contributed by atoms with Gasteiger partial charge in [0.05, 0.1) is 5.92 Å². The third kappa shape index (κ3) is 2.48. The summed E-state index contributed by atoms with van der Waals surface area (Å²) in [6, 6.07) is 0.539. The molecule has 15 heavy (non-hydrogen) atoms. The van der Waals surface area contributed by atoms with Crippen molar-refractivity contribution < 1.29 is 9.90 Å². The molecule has 1 aliphatic carbocycles. The van der Waals surface area contributed by atoms with Gasteiger partial charge in [0.1, 0.15) is 0 Å². The Balaban J connectivity index is 1.83. The molecule has 0 amide bonds. The molecule has 86 valence electrons. The van der Waals surface area contributed by atoms with Crippen LogP contribution in [-0.2, 0) is 4.79 Å². The molecule has 0 radical (unpaired) electrons. The Morgan fingerprint density at radius 2 is 1.80 bits per heavy atom. The number of rotatable bonds is 2. The molecule has 2 unspecified atom stereocenters. The molecule has 1 saturated heterocycles. The molecule has 1 aliphatic heterocycles. The van der Waals surface area contributed by atoms with Crippen LogP contribution in [0, 0.1) is 5.92 Å². The maximum absolute atomic E-state index is 10.7. The highest BCUT2D eigenvalue weighted by Gasteiger charge is 2.39. The minimum absolute atomic E-state index is 0.0739. The first kappa shape index (κ1) is 11.3. The average molecular weight is 229 g/mol. The van der Waals surface area contributed by atoms with Gasteiger partial charge in [0.2, 0.25) is 0 Å². The predicted octanol–water partition coefficient (Wildman–Crippen LogP) is 1.68. The number of nitrogens with zero attached hydrogens (tertiary/aromatic N) is 1. The molecular formula is C11H19NO2S. The van der Waals surface area contributed by atoms with E-state index in [1.807, 2.05) is 11.8 Å². The Morgan fingerprint density at radius 3 is 2.27 bits per heavy atom. The maximum Gasteiger partial charge on any atom is 0.306 e. The lowest BCUT2D eigenvalue weighted by Crippen LogP contribution is -2.52. The van der Waals surface area contributed by atoms with Gasteiger partial charge in [0, 0.05) is 29.6 Å². The van der Waals surface area contributed by atoms with E-state index in [4.69, 9.17) is 5.11 Å². The predicted molar refractivity (Wildman–Crippen MR) is 62.2 cm³/mol. The molecule has 2 fully saturated rings. The van der Waals surface area contributed by atoms with Gasteiger partial charge in [-0.05, 0) is 12.8 Å². The van der Waals surface area contributed by atoms with E-state index in [2.05, 4.69) is 18.7 Å². The second kappa shape index (κ2) is 4.34. The van der Waals surface area contributed by atoms with Gasteiger partial charge in [-0.25, -0.2) is 0 Å². The van der Waals surface area contributed by atoms with E-state index in [9.17, 15) is 4.79 Å². The van der Waals surface area contributed by atoms with Crippen molar-refractivity contribution in [3.05, 3.63) is 0 Å². The molecular weight excluding hydrogens is 210 g/mol. The van der Waals surface area contributed by atoms with Crippen molar-refractivity contribution in [2.45, 2.75) is 43.2 Å². The normalized spacial score (nSPS) is 42.3. The summed E-state index contributed by atoms with van der Waals surface area (Å²) in [6.07, 6.45) is 1.72. The Bertz CT molecular complexity index is 243. The van der Waals surface area contributed by atoms with Gasteiger partial charge in [-0.1, -0.05) is 13.8 Å². The number of carboxylic acids is 1. The topological polar surface area (TPSA) is 40.5 Å². The number of carboxylic acid groups (broad SMARTS) is 1. The zero-order chi connectivity index (χ0) is 11.0. The van der Waals surface area contributed by atoms with Crippen LogP contribution in [0.25, 0.3) is 0 Å². The molecule has 0 aromatic rings. The largest absolute Gasteiger partial charge is 0.481 e. The summed E-state index contributed by atoms with van der Waals surface area (Å²) in [6.45, 7) is 6.79. The minimum Gasteiger partial charge on any atom is -0.481 e. The number of hydrogen-bond acceptors (Lipinski definition) is 3. The number of thioether (sulfide) groups is 1. The monoisotopic (exact) mass is 229 g/mol. The number of hydrogen-bond donors (Lipinski definition) is 1. The summed E-state index contributed by atoms with van der Waals surface area (Å²) in [5.74, 6) is -0.686. The zero-order valence-electron chi connectivity index (χ0n) is 9.35. The SMILES string of the molecule is CC1CN(C2CC(C(=O)O)C2)CC(C)S1. The first-order chi connectivity index (χ1) is 7.06. The summed E-state index contributed by atoms with van der Waals surface area (Å²) >= 11 is 2.05. The molecule has 0 spiro atoms. The molecule has 1 heterocycles. The van der Waals surface area contributed by atoms with E-state index in [1.165, 1.54) is 0 Å². The fourth-order valence-corrected chi connectivity index (χ4v) is 3.95. The summed E-state index contributed by atoms with van der Waals surface area (Å²) in [7, 11) is 0. The Hall–Kier alpha value is -0.220. The zero-order valence-corrected chi connectivity index (χ0v) is 10.2. The molecule has 4 heteroatoms. The van der Waals surface area contributed by atoms with E-state index in [1.54, 1.807) is 0 Å². The molecule has 1 saturated carbocycles. The van der Waals surface area contributed by atoms with Crippen LogP contribution in [0.1, 0.15) is 26.7 Å². The number of aliphatic carboxylic acids is 1. The lowest BCUT2D eigenvalue weighted by Gasteiger charge is -2.45. The molecule has 3 nitrogen and oxygen atoms in total. The van der Waals surface area contributed by atoms with Crippen molar-refractivity contribution in [1.29, 1.82) is 0 Å². The van der Waals surface area contributed by atoms with Crippen LogP contribution in [0.2, 0.25) is 0 Å². The highest BCUT2D eigenvalue weighted by atomic mass is 32.2. The van der Waals surface area contributed by atoms with Crippen LogP contribution < -0.4 is 0 Å². The van der Waals surface area contributed by atoms with E-state index in [-0.39, 0.29) is 5.92 Å². The Kier molecular flexibility index (Phi) is 3.26. The fraction of sp³-hybridized carbons (Fsp3) is 0.909. The van der Waals surface area contributed by atoms with Gasteiger partial charge in [0.25, 0.3) is 0 Å². The minimum atomic E-state index is -0.612. The van der Waals surface area contributed by atoms with Gasteiger partial charge in [0.15, 0.2) is 0 Å². The smallest absolute Gasteiger partial charge is 0.306 e. The third-order valence-electron chi connectivity index (χ3n) is 3.43. The maximum atomic E-state index is 10.7. The van der Waals surface area contributed by atoms with E-state index in [0.29, 0.717) is 16.5 Å². The van der Waals surface area contributed by atoms with Gasteiger partial charge in [-0.3, -0.25) is 9.69 Å². The second-order valence-electron chi connectivity index (χ2n) is 4.87. The van der Waals surface area contributed by atoms with Gasteiger partial charge in [-0.15, -0.1) is 0 Å². The van der Waals surface area contributed by atoms with Crippen LogP contribution in [-0.4, -0.2) is 45.6 Å². The van der Waals surface area contributed by atoms with Crippen molar-refractivity contribution in [3.8, 4) is 0 Å². The second-order valence-corrected chi connectivity index (χ2v) is 6.75. The number of carbonyl (C=O) groups is 1. The lowest BCUT2D eigenvalue weighted by atomic mass is 9.79. The van der Waals surface area contributed by atoms with Crippen LogP contribution in [0.5, 0.6) is 0 Å². The summed E-state index contributed by atoms with van der Waals surface area (Å²) in [4.78, 5) is 13.2. The lowest BCUT2D eigenvalue weighted by molar-refractivity contribution is -0.147. The van der Waals surface area contributed by atoms with E-state index < -0.39 is 5.97 Å². The van der Waals surface area contributed by atoms with Crippen molar-refractivity contribution in [2.24, 2.45) is 5.92 Å². The highest BCUT2D eigenvalue weighted by molar-refractivity contribution is 8.00. The Labute approximate surface area is 95.2 Å². The van der Waals surface area contributed by atoms with Crippen molar-refractivity contribution >= 4 is 17.7 Å². The first-order valence-electron chi connectivity index (χ1n) is 5.68. The molecule has 1 N–H and O–H groups in total. The van der Waals surface area contributed by atoms with E-state index >= 15 is 0 Å². The van der Waals surface area contributed by atoms with Gasteiger partial charge < -0.3 is 5.11 Å². The van der Waals surface area contributed by atoms with Crippen molar-refractivity contribution in [2.75, 3.05) is 13.1 Å². The van der Waals surface area contributed by atoms with Crippen LogP contribution in [0.15, 0.2) is 0 Å². The van der Waals surface area contributed by atoms with Crippen molar-refractivity contribution in [1.82, 2.24) is 4.90 Å². The summed E-state index contributed by atoms with van der Waals surface area (Å²) in [5, 5.41) is 10.2. The Morgan fingerprint density at radius 1 is 1.27 bits per heavy atom. The molecule has 0 aromatic heterocycles. The molecule has 0 aromatic carbocycles. The first-order valence-corrected chi connectivity index (χ1v) is 6.63. The molecule has 2 atom stereocenters.